The van der Waals surface area contributed by atoms with Crippen LogP contribution in [0.5, 0.6) is 5.75 Å². The van der Waals surface area contributed by atoms with E-state index < -0.39 is 5.54 Å². The molecule has 0 aliphatic heterocycles. The molecular formula is C37H40N2O3. The van der Waals surface area contributed by atoms with Gasteiger partial charge in [-0.2, -0.15) is 0 Å². The summed E-state index contributed by atoms with van der Waals surface area (Å²) in [6.45, 7) is 0.273. The Morgan fingerprint density at radius 3 is 1.76 bits per heavy atom. The molecule has 0 bridgehead atoms. The van der Waals surface area contributed by atoms with Crippen molar-refractivity contribution < 1.29 is 14.3 Å². The molecule has 5 rings (SSSR count). The van der Waals surface area contributed by atoms with E-state index in [1.807, 2.05) is 120 Å². The van der Waals surface area contributed by atoms with Crippen molar-refractivity contribution in [3.05, 3.63) is 138 Å². The standard InChI is InChI=1S/C37H40N2O3/c1-42-34-24-22-31(23-25-34)28-39(35(40)32-18-10-4-11-19-32)37(26-29-14-6-2-7-15-29,27-30-16-8-3-9-17-30)36(41)38-33-20-12-5-13-21-33/h2-4,6-11,14-19,22-25,33H,5,12-13,20-21,26-28H2,1H3,(H,38,41). The molecule has 0 heterocycles. The first-order valence-electron chi connectivity index (χ1n) is 15.0. The van der Waals surface area contributed by atoms with Crippen LogP contribution in [0, 0.1) is 0 Å². The number of ether oxygens (including phenoxy) is 1. The van der Waals surface area contributed by atoms with Crippen LogP contribution in [0.25, 0.3) is 0 Å². The largest absolute Gasteiger partial charge is 0.497 e. The fourth-order valence-electron chi connectivity index (χ4n) is 6.04. The van der Waals surface area contributed by atoms with Gasteiger partial charge >= 0.3 is 0 Å². The van der Waals surface area contributed by atoms with Gasteiger partial charge in [-0.15, -0.1) is 0 Å². The second-order valence-electron chi connectivity index (χ2n) is 11.3. The normalized spacial score (nSPS) is 13.7. The summed E-state index contributed by atoms with van der Waals surface area (Å²) in [6, 6.07) is 37.3. The Morgan fingerprint density at radius 2 is 1.24 bits per heavy atom. The minimum atomic E-state index is -1.19. The lowest BCUT2D eigenvalue weighted by molar-refractivity contribution is -0.133. The zero-order valence-corrected chi connectivity index (χ0v) is 24.4. The summed E-state index contributed by atoms with van der Waals surface area (Å²) in [5, 5.41) is 3.44. The van der Waals surface area contributed by atoms with Crippen LogP contribution in [0.3, 0.4) is 0 Å². The van der Waals surface area contributed by atoms with Gasteiger partial charge in [-0.25, -0.2) is 0 Å². The molecule has 4 aromatic rings. The van der Waals surface area contributed by atoms with Crippen LogP contribution in [-0.2, 0) is 24.2 Å². The second kappa shape index (κ2) is 14.0. The molecule has 216 valence electrons. The van der Waals surface area contributed by atoms with Crippen LogP contribution >= 0.6 is 0 Å². The number of amides is 2. The van der Waals surface area contributed by atoms with E-state index in [-0.39, 0.29) is 24.4 Å². The van der Waals surface area contributed by atoms with Gasteiger partial charge in [-0.3, -0.25) is 9.59 Å². The minimum absolute atomic E-state index is 0.0973. The lowest BCUT2D eigenvalue weighted by atomic mass is 9.80. The highest BCUT2D eigenvalue weighted by Crippen LogP contribution is 2.32. The van der Waals surface area contributed by atoms with Crippen molar-refractivity contribution in [3.63, 3.8) is 0 Å². The van der Waals surface area contributed by atoms with Crippen molar-refractivity contribution in [2.45, 2.75) is 63.1 Å². The van der Waals surface area contributed by atoms with E-state index in [1.165, 1.54) is 6.42 Å². The van der Waals surface area contributed by atoms with Gasteiger partial charge in [0, 0.05) is 31.0 Å². The lowest BCUT2D eigenvalue weighted by Crippen LogP contribution is -2.64. The van der Waals surface area contributed by atoms with Crippen molar-refractivity contribution in [2.75, 3.05) is 7.11 Å². The molecule has 1 aliphatic carbocycles. The molecule has 5 nitrogen and oxygen atoms in total. The Morgan fingerprint density at radius 1 is 0.714 bits per heavy atom. The fourth-order valence-corrected chi connectivity index (χ4v) is 6.04. The number of benzene rings is 4. The highest BCUT2D eigenvalue weighted by molar-refractivity contribution is 5.99. The van der Waals surface area contributed by atoms with Gasteiger partial charge in [0.2, 0.25) is 5.91 Å². The second-order valence-corrected chi connectivity index (χ2v) is 11.3. The topological polar surface area (TPSA) is 58.6 Å². The van der Waals surface area contributed by atoms with Crippen molar-refractivity contribution in [1.29, 1.82) is 0 Å². The maximum absolute atomic E-state index is 14.9. The lowest BCUT2D eigenvalue weighted by Gasteiger charge is -2.44. The van der Waals surface area contributed by atoms with Gasteiger partial charge in [0.15, 0.2) is 0 Å². The van der Waals surface area contributed by atoms with E-state index in [1.54, 1.807) is 7.11 Å². The molecule has 1 aliphatic rings. The van der Waals surface area contributed by atoms with E-state index in [2.05, 4.69) is 5.32 Å². The van der Waals surface area contributed by atoms with Crippen LogP contribution in [0.15, 0.2) is 115 Å². The first-order valence-corrected chi connectivity index (χ1v) is 15.0. The number of nitrogens with one attached hydrogen (secondary N) is 1. The molecule has 0 unspecified atom stereocenters. The Balaban J connectivity index is 1.67. The van der Waals surface area contributed by atoms with Gasteiger partial charge in [-0.1, -0.05) is 110 Å². The third-order valence-corrected chi connectivity index (χ3v) is 8.32. The SMILES string of the molecule is COc1ccc(CN(C(=O)c2ccccc2)C(Cc2ccccc2)(Cc2ccccc2)C(=O)NC2CCCCC2)cc1. The number of carbonyl (C=O) groups is 2. The molecule has 1 fully saturated rings. The zero-order valence-electron chi connectivity index (χ0n) is 24.4. The maximum Gasteiger partial charge on any atom is 0.255 e. The molecule has 0 radical (unpaired) electrons. The van der Waals surface area contributed by atoms with Gasteiger partial charge in [0.05, 0.1) is 7.11 Å². The number of rotatable bonds is 11. The zero-order chi connectivity index (χ0) is 29.2. The number of nitrogens with zero attached hydrogens (tertiary/aromatic N) is 1. The monoisotopic (exact) mass is 560 g/mol. The average Bonchev–Trinajstić information content (AvgIpc) is 3.05. The molecule has 5 heteroatoms. The minimum Gasteiger partial charge on any atom is -0.497 e. The van der Waals surface area contributed by atoms with E-state index in [0.717, 1.165) is 48.1 Å². The molecule has 0 spiro atoms. The smallest absolute Gasteiger partial charge is 0.255 e. The third kappa shape index (κ3) is 7.09. The molecule has 42 heavy (non-hydrogen) atoms. The van der Waals surface area contributed by atoms with Crippen LogP contribution in [0.2, 0.25) is 0 Å². The van der Waals surface area contributed by atoms with Crippen LogP contribution in [0.4, 0.5) is 0 Å². The Kier molecular flexibility index (Phi) is 9.70. The Bertz CT molecular complexity index is 1380. The predicted octanol–water partition coefficient (Wildman–Crippen LogP) is 7.01. The highest BCUT2D eigenvalue weighted by atomic mass is 16.5. The third-order valence-electron chi connectivity index (χ3n) is 8.32. The van der Waals surface area contributed by atoms with Crippen LogP contribution in [-0.4, -0.2) is 35.4 Å². The van der Waals surface area contributed by atoms with Gasteiger partial charge in [0.1, 0.15) is 11.3 Å². The Labute approximate surface area is 249 Å². The fraction of sp³-hybridized carbons (Fsp3) is 0.297. The van der Waals surface area contributed by atoms with E-state index >= 15 is 0 Å². The summed E-state index contributed by atoms with van der Waals surface area (Å²) < 4.78 is 5.39. The number of carbonyl (C=O) groups excluding carboxylic acids is 2. The molecule has 0 aromatic heterocycles. The molecule has 0 saturated heterocycles. The van der Waals surface area contributed by atoms with Crippen molar-refractivity contribution >= 4 is 11.8 Å². The van der Waals surface area contributed by atoms with Crippen molar-refractivity contribution in [1.82, 2.24) is 10.2 Å². The van der Waals surface area contributed by atoms with Crippen LogP contribution in [0.1, 0.15) is 59.2 Å². The quantitative estimate of drug-likeness (QED) is 0.215. The van der Waals surface area contributed by atoms with E-state index in [9.17, 15) is 9.59 Å². The summed E-state index contributed by atoms with van der Waals surface area (Å²) in [5.41, 5.74) is 2.31. The molecule has 2 amide bonds. The molecule has 1 N–H and O–H groups in total. The predicted molar refractivity (Wildman–Crippen MR) is 167 cm³/mol. The summed E-state index contributed by atoms with van der Waals surface area (Å²) >= 11 is 0. The number of methoxy groups -OCH3 is 1. The first kappa shape index (κ1) is 29.1. The van der Waals surface area contributed by atoms with Gasteiger partial charge in [-0.05, 0) is 53.8 Å². The number of hydrogen-bond acceptors (Lipinski definition) is 3. The average molecular weight is 561 g/mol. The summed E-state index contributed by atoms with van der Waals surface area (Å²) in [4.78, 5) is 31.3. The highest BCUT2D eigenvalue weighted by Gasteiger charge is 2.47. The maximum atomic E-state index is 14.9. The Hall–Kier alpha value is -4.38. The number of hydrogen-bond donors (Lipinski definition) is 1. The van der Waals surface area contributed by atoms with Crippen molar-refractivity contribution in [2.24, 2.45) is 0 Å². The van der Waals surface area contributed by atoms with Gasteiger partial charge < -0.3 is 15.0 Å². The molecular weight excluding hydrogens is 520 g/mol. The van der Waals surface area contributed by atoms with E-state index in [4.69, 9.17) is 4.74 Å². The van der Waals surface area contributed by atoms with Crippen molar-refractivity contribution in [3.8, 4) is 5.75 Å². The summed E-state index contributed by atoms with van der Waals surface area (Å²) in [7, 11) is 1.64. The van der Waals surface area contributed by atoms with Gasteiger partial charge in [0.25, 0.3) is 5.91 Å². The molecule has 1 saturated carbocycles. The summed E-state index contributed by atoms with van der Waals surface area (Å²) in [5.74, 6) is 0.478. The molecule has 4 aromatic carbocycles. The first-order chi connectivity index (χ1) is 20.6. The summed E-state index contributed by atoms with van der Waals surface area (Å²) in [6.07, 6.45) is 6.10. The molecule has 0 atom stereocenters. The van der Waals surface area contributed by atoms with E-state index in [0.29, 0.717) is 18.4 Å². The van der Waals surface area contributed by atoms with Crippen LogP contribution < -0.4 is 10.1 Å².